The molecule has 1 amide bonds. The molecule has 0 unspecified atom stereocenters. The minimum absolute atomic E-state index is 0.0268. The monoisotopic (exact) mass is 298 g/mol. The van der Waals surface area contributed by atoms with Crippen LogP contribution in [-0.2, 0) is 4.79 Å². The number of carbonyl (C=O) groups is 1. The van der Waals surface area contributed by atoms with Crippen LogP contribution in [-0.4, -0.2) is 23.3 Å². The van der Waals surface area contributed by atoms with Gasteiger partial charge in [0.15, 0.2) is 0 Å². The molecule has 4 nitrogen and oxygen atoms in total. The Morgan fingerprint density at radius 2 is 1.81 bits per heavy atom. The van der Waals surface area contributed by atoms with E-state index in [4.69, 9.17) is 5.26 Å². The second kappa shape index (κ2) is 7.36. The number of hydrogen-bond acceptors (Lipinski definition) is 4. The first-order valence-corrected chi connectivity index (χ1v) is 7.33. The van der Waals surface area contributed by atoms with Crippen LogP contribution in [0.5, 0.6) is 5.75 Å². The third-order valence-corrected chi connectivity index (χ3v) is 3.79. The van der Waals surface area contributed by atoms with E-state index in [2.05, 4.69) is 0 Å². The Balaban J connectivity index is 2.02. The molecule has 0 aliphatic carbocycles. The van der Waals surface area contributed by atoms with Gasteiger partial charge in [-0.2, -0.15) is 5.26 Å². The molecule has 0 saturated carbocycles. The summed E-state index contributed by atoms with van der Waals surface area (Å²) in [5, 5.41) is 18.1. The number of hydrogen-bond donors (Lipinski definition) is 1. The van der Waals surface area contributed by atoms with Gasteiger partial charge in [-0.1, -0.05) is 18.2 Å². The lowest BCUT2D eigenvalue weighted by Gasteiger charge is -2.19. The van der Waals surface area contributed by atoms with Gasteiger partial charge in [-0.3, -0.25) is 9.69 Å². The summed E-state index contributed by atoms with van der Waals surface area (Å²) in [6, 6.07) is 17.8. The van der Waals surface area contributed by atoms with Crippen molar-refractivity contribution in [3.05, 3.63) is 54.6 Å². The summed E-state index contributed by atoms with van der Waals surface area (Å²) in [5.41, 5.74) is 0.718. The fourth-order valence-electron chi connectivity index (χ4n) is 1.77. The Labute approximate surface area is 127 Å². The fourth-order valence-corrected chi connectivity index (χ4v) is 2.54. The van der Waals surface area contributed by atoms with Crippen molar-refractivity contribution < 1.29 is 9.90 Å². The number of nitriles is 1. The van der Waals surface area contributed by atoms with Crippen molar-refractivity contribution in [1.29, 1.82) is 5.26 Å². The second-order valence-electron chi connectivity index (χ2n) is 4.26. The van der Waals surface area contributed by atoms with Crippen LogP contribution in [0.3, 0.4) is 0 Å². The van der Waals surface area contributed by atoms with E-state index < -0.39 is 0 Å². The maximum Gasteiger partial charge on any atom is 0.238 e. The van der Waals surface area contributed by atoms with Gasteiger partial charge in [0.05, 0.1) is 11.8 Å². The van der Waals surface area contributed by atoms with Crippen LogP contribution in [0.15, 0.2) is 59.5 Å². The Kier molecular flexibility index (Phi) is 5.24. The molecule has 0 bridgehead atoms. The van der Waals surface area contributed by atoms with E-state index in [0.717, 1.165) is 10.6 Å². The second-order valence-corrected chi connectivity index (χ2v) is 5.30. The molecule has 2 aromatic rings. The standard InChI is InChI=1S/C16H14N2O2S/c17-10-11-18(13-4-2-1-3-5-13)16(20)12-21-15-8-6-14(19)7-9-15/h1-9,19H,11-12H2. The third kappa shape index (κ3) is 4.26. The topological polar surface area (TPSA) is 64.3 Å². The summed E-state index contributed by atoms with van der Waals surface area (Å²) < 4.78 is 0. The predicted octanol–water partition coefficient (Wildman–Crippen LogP) is 3.04. The van der Waals surface area contributed by atoms with E-state index in [1.165, 1.54) is 16.7 Å². The number of amides is 1. The van der Waals surface area contributed by atoms with E-state index in [1.807, 2.05) is 24.3 Å². The molecule has 0 aliphatic heterocycles. The maximum atomic E-state index is 12.3. The minimum atomic E-state index is -0.124. The number of para-hydroxylation sites is 1. The fraction of sp³-hybridized carbons (Fsp3) is 0.125. The molecule has 5 heteroatoms. The summed E-state index contributed by atoms with van der Waals surface area (Å²) in [7, 11) is 0. The highest BCUT2D eigenvalue weighted by Crippen LogP contribution is 2.22. The molecule has 2 rings (SSSR count). The first-order valence-electron chi connectivity index (χ1n) is 6.35. The Morgan fingerprint density at radius 1 is 1.14 bits per heavy atom. The summed E-state index contributed by atoms with van der Waals surface area (Å²) in [6.45, 7) is 0.0268. The van der Waals surface area contributed by atoms with E-state index in [9.17, 15) is 9.90 Å². The largest absolute Gasteiger partial charge is 0.508 e. The van der Waals surface area contributed by atoms with Gasteiger partial charge in [-0.25, -0.2) is 0 Å². The third-order valence-electron chi connectivity index (χ3n) is 2.80. The number of aromatic hydroxyl groups is 1. The van der Waals surface area contributed by atoms with Crippen LogP contribution in [0.4, 0.5) is 5.69 Å². The van der Waals surface area contributed by atoms with Crippen molar-refractivity contribution in [2.45, 2.75) is 4.90 Å². The van der Waals surface area contributed by atoms with Gasteiger partial charge in [0.1, 0.15) is 12.3 Å². The number of thioether (sulfide) groups is 1. The molecule has 0 saturated heterocycles. The zero-order valence-electron chi connectivity index (χ0n) is 11.3. The lowest BCUT2D eigenvalue weighted by molar-refractivity contribution is -0.116. The lowest BCUT2D eigenvalue weighted by atomic mass is 10.3. The maximum absolute atomic E-state index is 12.3. The molecule has 0 radical (unpaired) electrons. The Bertz CT molecular complexity index is 636. The Hall–Kier alpha value is -2.45. The highest BCUT2D eigenvalue weighted by Gasteiger charge is 2.15. The molecule has 106 valence electrons. The highest BCUT2D eigenvalue weighted by molar-refractivity contribution is 8.00. The number of nitrogens with zero attached hydrogens (tertiary/aromatic N) is 2. The molecule has 0 spiro atoms. The van der Waals surface area contributed by atoms with Gasteiger partial charge in [0.25, 0.3) is 0 Å². The average molecular weight is 298 g/mol. The number of carbonyl (C=O) groups excluding carboxylic acids is 1. The number of phenolic OH excluding ortho intramolecular Hbond substituents is 1. The number of benzene rings is 2. The van der Waals surface area contributed by atoms with E-state index in [-0.39, 0.29) is 24.0 Å². The van der Waals surface area contributed by atoms with Crippen LogP contribution >= 0.6 is 11.8 Å². The number of phenols is 1. The van der Waals surface area contributed by atoms with Gasteiger partial charge in [-0.15, -0.1) is 11.8 Å². The molecule has 2 aromatic carbocycles. The summed E-state index contributed by atoms with van der Waals surface area (Å²) in [6.07, 6.45) is 0. The van der Waals surface area contributed by atoms with Crippen molar-refractivity contribution in [1.82, 2.24) is 0 Å². The smallest absolute Gasteiger partial charge is 0.238 e. The van der Waals surface area contributed by atoms with Crippen LogP contribution in [0, 0.1) is 11.3 Å². The van der Waals surface area contributed by atoms with E-state index >= 15 is 0 Å². The van der Waals surface area contributed by atoms with Crippen molar-refractivity contribution in [2.24, 2.45) is 0 Å². The SMILES string of the molecule is N#CCN(C(=O)CSc1ccc(O)cc1)c1ccccc1. The summed E-state index contributed by atoms with van der Waals surface area (Å²) in [4.78, 5) is 14.6. The van der Waals surface area contributed by atoms with Crippen LogP contribution < -0.4 is 4.90 Å². The van der Waals surface area contributed by atoms with E-state index in [1.54, 1.807) is 36.4 Å². The molecule has 21 heavy (non-hydrogen) atoms. The van der Waals surface area contributed by atoms with Crippen molar-refractivity contribution in [2.75, 3.05) is 17.2 Å². The van der Waals surface area contributed by atoms with Crippen LogP contribution in [0.1, 0.15) is 0 Å². The summed E-state index contributed by atoms with van der Waals surface area (Å²) in [5.74, 6) is 0.309. The molecule has 0 atom stereocenters. The van der Waals surface area contributed by atoms with Crippen molar-refractivity contribution in [3.8, 4) is 11.8 Å². The van der Waals surface area contributed by atoms with Gasteiger partial charge >= 0.3 is 0 Å². The van der Waals surface area contributed by atoms with Gasteiger partial charge in [0.2, 0.25) is 5.91 Å². The highest BCUT2D eigenvalue weighted by atomic mass is 32.2. The molecule has 1 N–H and O–H groups in total. The first kappa shape index (κ1) is 14.9. The van der Waals surface area contributed by atoms with Gasteiger partial charge in [-0.05, 0) is 36.4 Å². The molecular formula is C16H14N2O2S. The molecule has 0 aliphatic rings. The minimum Gasteiger partial charge on any atom is -0.508 e. The summed E-state index contributed by atoms with van der Waals surface area (Å²) >= 11 is 1.37. The van der Waals surface area contributed by atoms with Crippen LogP contribution in [0.2, 0.25) is 0 Å². The van der Waals surface area contributed by atoms with Gasteiger partial charge in [0, 0.05) is 10.6 Å². The molecule has 0 fully saturated rings. The van der Waals surface area contributed by atoms with Gasteiger partial charge < -0.3 is 5.11 Å². The zero-order valence-corrected chi connectivity index (χ0v) is 12.1. The van der Waals surface area contributed by atoms with Crippen molar-refractivity contribution >= 4 is 23.4 Å². The lowest BCUT2D eigenvalue weighted by Crippen LogP contribution is -2.32. The molecule has 0 aromatic heterocycles. The Morgan fingerprint density at radius 3 is 2.43 bits per heavy atom. The molecular weight excluding hydrogens is 284 g/mol. The first-order chi connectivity index (χ1) is 10.2. The van der Waals surface area contributed by atoms with Crippen LogP contribution in [0.25, 0.3) is 0 Å². The average Bonchev–Trinajstić information content (AvgIpc) is 2.52. The van der Waals surface area contributed by atoms with Crippen molar-refractivity contribution in [3.63, 3.8) is 0 Å². The molecule has 0 heterocycles. The normalized spacial score (nSPS) is 9.86. The van der Waals surface area contributed by atoms with E-state index in [0.29, 0.717) is 0 Å². The predicted molar refractivity (Wildman–Crippen MR) is 83.2 cm³/mol. The number of rotatable bonds is 5. The number of anilines is 1. The quantitative estimate of drug-likeness (QED) is 0.680. The zero-order chi connectivity index (χ0) is 15.1.